The van der Waals surface area contributed by atoms with Crippen LogP contribution in [0.3, 0.4) is 0 Å². The molecule has 0 aromatic rings. The molecule has 2 aliphatic rings. The molecule has 0 saturated carbocycles. The maximum absolute atomic E-state index is 12.1. The number of nitrogens with zero attached hydrogens (tertiary/aromatic N) is 1. The number of ether oxygens (including phenoxy) is 1. The maximum atomic E-state index is 12.1. The summed E-state index contributed by atoms with van der Waals surface area (Å²) in [5.74, 6) is 0.920. The molecule has 1 N–H and O–H groups in total. The second-order valence-corrected chi connectivity index (χ2v) is 6.40. The van der Waals surface area contributed by atoms with E-state index in [4.69, 9.17) is 4.74 Å². The van der Waals surface area contributed by atoms with E-state index in [0.717, 1.165) is 39.1 Å². The van der Waals surface area contributed by atoms with Gasteiger partial charge >= 0.3 is 0 Å². The quantitative estimate of drug-likeness (QED) is 0.832. The molecule has 0 unspecified atom stereocenters. The van der Waals surface area contributed by atoms with Crippen LogP contribution in [0.1, 0.15) is 25.7 Å². The van der Waals surface area contributed by atoms with Gasteiger partial charge in [0.1, 0.15) is 0 Å². The van der Waals surface area contributed by atoms with E-state index in [1.54, 1.807) is 0 Å². The third kappa shape index (κ3) is 4.14. The van der Waals surface area contributed by atoms with E-state index in [9.17, 15) is 4.79 Å². The summed E-state index contributed by atoms with van der Waals surface area (Å²) in [5, 5.41) is 4.02. The zero-order valence-electron chi connectivity index (χ0n) is 11.2. The van der Waals surface area contributed by atoms with Gasteiger partial charge in [0.2, 0.25) is 5.91 Å². The monoisotopic (exact) mass is 272 g/mol. The fraction of sp³-hybridized carbons (Fsp3) is 0.923. The summed E-state index contributed by atoms with van der Waals surface area (Å²) < 4.78 is 5.33. The minimum atomic E-state index is 0.283. The Bertz CT molecular complexity index is 264. The average Bonchev–Trinajstić information content (AvgIpc) is 2.46. The van der Waals surface area contributed by atoms with E-state index in [1.165, 1.54) is 12.8 Å². The van der Waals surface area contributed by atoms with E-state index in [0.29, 0.717) is 17.0 Å². The first kappa shape index (κ1) is 14.2. The highest BCUT2D eigenvalue weighted by Gasteiger charge is 2.23. The number of nitrogens with one attached hydrogen (secondary N) is 1. The number of rotatable bonds is 4. The van der Waals surface area contributed by atoms with E-state index in [2.05, 4.69) is 5.32 Å². The van der Waals surface area contributed by atoms with Gasteiger partial charge in [0.25, 0.3) is 0 Å². The second-order valence-electron chi connectivity index (χ2n) is 5.11. The molecule has 0 aromatic carbocycles. The molecule has 2 fully saturated rings. The lowest BCUT2D eigenvalue weighted by Crippen LogP contribution is -2.41. The summed E-state index contributed by atoms with van der Waals surface area (Å²) in [7, 11) is 1.95. The van der Waals surface area contributed by atoms with Crippen molar-refractivity contribution in [3.05, 3.63) is 0 Å². The van der Waals surface area contributed by atoms with Gasteiger partial charge < -0.3 is 15.0 Å². The van der Waals surface area contributed by atoms with Crippen molar-refractivity contribution in [1.82, 2.24) is 10.2 Å². The molecule has 0 aromatic heterocycles. The normalized spacial score (nSPS) is 22.9. The van der Waals surface area contributed by atoms with Crippen LogP contribution in [0.25, 0.3) is 0 Å². The number of piperidine rings is 1. The van der Waals surface area contributed by atoms with Crippen LogP contribution < -0.4 is 5.32 Å². The fourth-order valence-electron chi connectivity index (χ4n) is 2.53. The van der Waals surface area contributed by atoms with Crippen molar-refractivity contribution >= 4 is 17.7 Å². The highest BCUT2D eigenvalue weighted by molar-refractivity contribution is 8.00. The fourth-order valence-corrected chi connectivity index (χ4v) is 3.68. The lowest BCUT2D eigenvalue weighted by atomic mass is 10.1. The number of hydrogen-bond acceptors (Lipinski definition) is 4. The first-order chi connectivity index (χ1) is 8.77. The SMILES string of the molecule is CN(C(=O)CSC1CCNCC1)C1CCOCC1. The van der Waals surface area contributed by atoms with Crippen LogP contribution in [0.15, 0.2) is 0 Å². The van der Waals surface area contributed by atoms with Crippen molar-refractivity contribution in [1.29, 1.82) is 0 Å². The smallest absolute Gasteiger partial charge is 0.232 e. The van der Waals surface area contributed by atoms with Crippen molar-refractivity contribution in [3.63, 3.8) is 0 Å². The van der Waals surface area contributed by atoms with Gasteiger partial charge in [-0.1, -0.05) is 0 Å². The molecule has 0 spiro atoms. The van der Waals surface area contributed by atoms with Gasteiger partial charge in [0.05, 0.1) is 5.75 Å². The predicted octanol–water partition coefficient (Wildman–Crippen LogP) is 1.11. The van der Waals surface area contributed by atoms with Gasteiger partial charge in [0, 0.05) is 31.6 Å². The zero-order valence-corrected chi connectivity index (χ0v) is 12.0. The van der Waals surface area contributed by atoms with Crippen LogP contribution >= 0.6 is 11.8 Å². The average molecular weight is 272 g/mol. The number of amides is 1. The van der Waals surface area contributed by atoms with Crippen LogP contribution in [0.4, 0.5) is 0 Å². The van der Waals surface area contributed by atoms with Crippen molar-refractivity contribution in [2.24, 2.45) is 0 Å². The minimum absolute atomic E-state index is 0.283. The maximum Gasteiger partial charge on any atom is 0.232 e. The number of carbonyl (C=O) groups is 1. The third-order valence-corrected chi connectivity index (χ3v) is 5.22. The molecular weight excluding hydrogens is 248 g/mol. The number of hydrogen-bond donors (Lipinski definition) is 1. The molecule has 2 rings (SSSR count). The van der Waals surface area contributed by atoms with Crippen molar-refractivity contribution in [2.75, 3.05) is 39.1 Å². The van der Waals surface area contributed by atoms with Gasteiger partial charge in [-0.25, -0.2) is 0 Å². The van der Waals surface area contributed by atoms with E-state index >= 15 is 0 Å². The number of carbonyl (C=O) groups excluding carboxylic acids is 1. The molecule has 2 aliphatic heterocycles. The van der Waals surface area contributed by atoms with Crippen molar-refractivity contribution < 1.29 is 9.53 Å². The van der Waals surface area contributed by atoms with Gasteiger partial charge in [-0.3, -0.25) is 4.79 Å². The van der Waals surface area contributed by atoms with Crippen molar-refractivity contribution in [2.45, 2.75) is 37.0 Å². The van der Waals surface area contributed by atoms with Crippen LogP contribution in [-0.4, -0.2) is 61.2 Å². The first-order valence-corrected chi connectivity index (χ1v) is 7.98. The van der Waals surface area contributed by atoms with Gasteiger partial charge in [0.15, 0.2) is 0 Å². The Hall–Kier alpha value is -0.260. The topological polar surface area (TPSA) is 41.6 Å². The molecule has 0 radical (unpaired) electrons. The van der Waals surface area contributed by atoms with Gasteiger partial charge in [-0.2, -0.15) is 0 Å². The second kappa shape index (κ2) is 7.36. The molecule has 2 saturated heterocycles. The van der Waals surface area contributed by atoms with Crippen LogP contribution in [-0.2, 0) is 9.53 Å². The molecule has 104 valence electrons. The molecule has 0 bridgehead atoms. The van der Waals surface area contributed by atoms with Crippen molar-refractivity contribution in [3.8, 4) is 0 Å². The highest BCUT2D eigenvalue weighted by atomic mass is 32.2. The summed E-state index contributed by atoms with van der Waals surface area (Å²) >= 11 is 1.84. The Morgan fingerprint density at radius 1 is 1.28 bits per heavy atom. The summed E-state index contributed by atoms with van der Waals surface area (Å²) in [5.41, 5.74) is 0. The summed E-state index contributed by atoms with van der Waals surface area (Å²) in [4.78, 5) is 14.1. The largest absolute Gasteiger partial charge is 0.381 e. The molecule has 0 aliphatic carbocycles. The molecule has 4 nitrogen and oxygen atoms in total. The zero-order chi connectivity index (χ0) is 12.8. The Kier molecular flexibility index (Phi) is 5.79. The summed E-state index contributed by atoms with van der Waals surface area (Å²) in [6.07, 6.45) is 4.36. The molecule has 5 heteroatoms. The van der Waals surface area contributed by atoms with Crippen LogP contribution in [0.5, 0.6) is 0 Å². The number of thioether (sulfide) groups is 1. The lowest BCUT2D eigenvalue weighted by Gasteiger charge is -2.31. The first-order valence-electron chi connectivity index (χ1n) is 6.93. The molecular formula is C13H24N2O2S. The molecule has 1 amide bonds. The summed E-state index contributed by atoms with van der Waals surface area (Å²) in [6.45, 7) is 3.79. The van der Waals surface area contributed by atoms with E-state index in [-0.39, 0.29) is 5.91 Å². The standard InChI is InChI=1S/C13H24N2O2S/c1-15(11-4-8-17-9-5-11)13(16)10-18-12-2-6-14-7-3-12/h11-12,14H,2-10H2,1H3. The van der Waals surface area contributed by atoms with Crippen LogP contribution in [0.2, 0.25) is 0 Å². The minimum Gasteiger partial charge on any atom is -0.381 e. The predicted molar refractivity (Wildman–Crippen MR) is 75.0 cm³/mol. The Morgan fingerprint density at radius 3 is 2.61 bits per heavy atom. The molecule has 2 heterocycles. The van der Waals surface area contributed by atoms with E-state index in [1.807, 2.05) is 23.7 Å². The van der Waals surface area contributed by atoms with Gasteiger partial charge in [-0.15, -0.1) is 11.8 Å². The highest BCUT2D eigenvalue weighted by Crippen LogP contribution is 2.21. The third-order valence-electron chi connectivity index (χ3n) is 3.86. The van der Waals surface area contributed by atoms with Gasteiger partial charge in [-0.05, 0) is 38.8 Å². The molecule has 0 atom stereocenters. The lowest BCUT2D eigenvalue weighted by molar-refractivity contribution is -0.130. The molecule has 18 heavy (non-hydrogen) atoms. The van der Waals surface area contributed by atoms with E-state index < -0.39 is 0 Å². The van der Waals surface area contributed by atoms with Crippen LogP contribution in [0, 0.1) is 0 Å². The Labute approximate surface area is 114 Å². The Morgan fingerprint density at radius 2 is 1.94 bits per heavy atom. The summed E-state index contributed by atoms with van der Waals surface area (Å²) in [6, 6.07) is 0.389. The Balaban J connectivity index is 1.69.